The van der Waals surface area contributed by atoms with Crippen molar-refractivity contribution in [3.63, 3.8) is 0 Å². The number of rotatable bonds is 7. The summed E-state index contributed by atoms with van der Waals surface area (Å²) >= 11 is 0. The zero-order chi connectivity index (χ0) is 14.3. The molecule has 0 bridgehead atoms. The minimum atomic E-state index is 0.0951. The SMILES string of the molecule is CCC(C)(C)CNC(C)c1ccc(OCC#N)cc1. The lowest BCUT2D eigenvalue weighted by Crippen LogP contribution is -2.30. The molecule has 104 valence electrons. The third-order valence-electron chi connectivity index (χ3n) is 3.53. The van der Waals surface area contributed by atoms with Gasteiger partial charge in [0.05, 0.1) is 0 Å². The normalized spacial score (nSPS) is 12.8. The molecule has 0 radical (unpaired) electrons. The maximum absolute atomic E-state index is 8.45. The van der Waals surface area contributed by atoms with E-state index in [0.717, 1.165) is 18.7 Å². The van der Waals surface area contributed by atoms with Crippen LogP contribution in [0, 0.1) is 16.7 Å². The van der Waals surface area contributed by atoms with E-state index in [9.17, 15) is 0 Å². The highest BCUT2D eigenvalue weighted by Gasteiger charge is 2.16. The average Bonchev–Trinajstić information content (AvgIpc) is 2.43. The summed E-state index contributed by atoms with van der Waals surface area (Å²) in [6.45, 7) is 10.0. The van der Waals surface area contributed by atoms with Gasteiger partial charge in [0.15, 0.2) is 6.61 Å². The van der Waals surface area contributed by atoms with Crippen molar-refractivity contribution >= 4 is 0 Å². The van der Waals surface area contributed by atoms with Crippen LogP contribution < -0.4 is 10.1 Å². The molecule has 3 heteroatoms. The molecule has 0 heterocycles. The number of benzene rings is 1. The average molecular weight is 260 g/mol. The first-order chi connectivity index (χ1) is 8.98. The van der Waals surface area contributed by atoms with Crippen molar-refractivity contribution in [1.29, 1.82) is 5.26 Å². The van der Waals surface area contributed by atoms with Crippen LogP contribution >= 0.6 is 0 Å². The summed E-state index contributed by atoms with van der Waals surface area (Å²) < 4.78 is 5.24. The molecule has 19 heavy (non-hydrogen) atoms. The van der Waals surface area contributed by atoms with Crippen LogP contribution in [0.3, 0.4) is 0 Å². The van der Waals surface area contributed by atoms with Crippen molar-refractivity contribution in [3.05, 3.63) is 29.8 Å². The van der Waals surface area contributed by atoms with E-state index in [0.29, 0.717) is 11.5 Å². The first kappa shape index (κ1) is 15.5. The van der Waals surface area contributed by atoms with Crippen molar-refractivity contribution in [2.45, 2.75) is 40.2 Å². The Kier molecular flexibility index (Phi) is 5.85. The van der Waals surface area contributed by atoms with Gasteiger partial charge in [-0.2, -0.15) is 5.26 Å². The molecule has 3 nitrogen and oxygen atoms in total. The fourth-order valence-corrected chi connectivity index (χ4v) is 1.64. The maximum atomic E-state index is 8.45. The highest BCUT2D eigenvalue weighted by molar-refractivity contribution is 5.29. The van der Waals surface area contributed by atoms with Crippen molar-refractivity contribution in [2.75, 3.05) is 13.2 Å². The molecule has 0 amide bonds. The Morgan fingerprint density at radius 2 is 1.95 bits per heavy atom. The lowest BCUT2D eigenvalue weighted by Gasteiger charge is -2.26. The van der Waals surface area contributed by atoms with Crippen molar-refractivity contribution in [2.24, 2.45) is 5.41 Å². The van der Waals surface area contributed by atoms with Gasteiger partial charge >= 0.3 is 0 Å². The Labute approximate surface area is 116 Å². The zero-order valence-corrected chi connectivity index (χ0v) is 12.4. The molecule has 1 aromatic carbocycles. The minimum absolute atomic E-state index is 0.0951. The summed E-state index contributed by atoms with van der Waals surface area (Å²) in [6.07, 6.45) is 1.16. The lowest BCUT2D eigenvalue weighted by molar-refractivity contribution is 0.313. The van der Waals surface area contributed by atoms with Crippen LogP contribution in [-0.4, -0.2) is 13.2 Å². The summed E-state index contributed by atoms with van der Waals surface area (Å²) in [5.41, 5.74) is 1.56. The van der Waals surface area contributed by atoms with E-state index in [1.165, 1.54) is 5.56 Å². The number of hydrogen-bond acceptors (Lipinski definition) is 3. The summed E-state index contributed by atoms with van der Waals surface area (Å²) in [5.74, 6) is 0.742. The molecule has 1 N–H and O–H groups in total. The van der Waals surface area contributed by atoms with Gasteiger partial charge in [-0.15, -0.1) is 0 Å². The van der Waals surface area contributed by atoms with Gasteiger partial charge in [-0.25, -0.2) is 0 Å². The summed E-state index contributed by atoms with van der Waals surface area (Å²) in [7, 11) is 0. The molecule has 0 aliphatic heterocycles. The second kappa shape index (κ2) is 7.16. The van der Waals surface area contributed by atoms with Gasteiger partial charge < -0.3 is 10.1 Å². The quantitative estimate of drug-likeness (QED) is 0.813. The van der Waals surface area contributed by atoms with Gasteiger partial charge in [0.1, 0.15) is 11.8 Å². The Balaban J connectivity index is 2.53. The highest BCUT2D eigenvalue weighted by Crippen LogP contribution is 2.21. The molecule has 1 atom stereocenters. The van der Waals surface area contributed by atoms with Gasteiger partial charge in [0.25, 0.3) is 0 Å². The van der Waals surface area contributed by atoms with Gasteiger partial charge in [-0.05, 0) is 36.5 Å². The smallest absolute Gasteiger partial charge is 0.174 e. The third kappa shape index (κ3) is 5.32. The summed E-state index contributed by atoms with van der Waals surface area (Å²) in [5, 5.41) is 12.0. The fourth-order valence-electron chi connectivity index (χ4n) is 1.64. The van der Waals surface area contributed by atoms with E-state index in [1.54, 1.807) is 0 Å². The molecule has 0 spiro atoms. The van der Waals surface area contributed by atoms with E-state index in [2.05, 4.69) is 33.0 Å². The summed E-state index contributed by atoms with van der Waals surface area (Å²) in [6, 6.07) is 10.2. The third-order valence-corrected chi connectivity index (χ3v) is 3.53. The molecule has 0 saturated carbocycles. The van der Waals surface area contributed by atoms with Crippen molar-refractivity contribution in [3.8, 4) is 11.8 Å². The molecule has 0 saturated heterocycles. The molecule has 1 aromatic rings. The first-order valence-corrected chi connectivity index (χ1v) is 6.81. The predicted molar refractivity (Wildman–Crippen MR) is 78.0 cm³/mol. The van der Waals surface area contributed by atoms with E-state index >= 15 is 0 Å². The van der Waals surface area contributed by atoms with E-state index in [-0.39, 0.29) is 6.61 Å². The molecular formula is C16H24N2O. The summed E-state index contributed by atoms with van der Waals surface area (Å²) in [4.78, 5) is 0. The molecule has 1 rings (SSSR count). The van der Waals surface area contributed by atoms with Crippen molar-refractivity contribution in [1.82, 2.24) is 5.32 Å². The van der Waals surface area contributed by atoms with Crippen LogP contribution in [0.15, 0.2) is 24.3 Å². The zero-order valence-electron chi connectivity index (χ0n) is 12.4. The minimum Gasteiger partial charge on any atom is -0.479 e. The van der Waals surface area contributed by atoms with E-state index in [4.69, 9.17) is 10.00 Å². The van der Waals surface area contributed by atoms with Gasteiger partial charge in [0, 0.05) is 12.6 Å². The van der Waals surface area contributed by atoms with Gasteiger partial charge in [-0.1, -0.05) is 32.9 Å². The van der Waals surface area contributed by atoms with Crippen LogP contribution in [-0.2, 0) is 0 Å². The monoisotopic (exact) mass is 260 g/mol. The second-order valence-electron chi connectivity index (χ2n) is 5.64. The van der Waals surface area contributed by atoms with E-state index < -0.39 is 0 Å². The standard InChI is InChI=1S/C16H24N2O/c1-5-16(3,4)12-18-13(2)14-6-8-15(9-7-14)19-11-10-17/h6-9,13,18H,5,11-12H2,1-4H3. The molecule has 0 aliphatic rings. The Morgan fingerprint density at radius 1 is 1.32 bits per heavy atom. The topological polar surface area (TPSA) is 45.0 Å². The second-order valence-corrected chi connectivity index (χ2v) is 5.64. The molecule has 1 unspecified atom stereocenters. The molecule has 0 aliphatic carbocycles. The van der Waals surface area contributed by atoms with Crippen LogP contribution in [0.2, 0.25) is 0 Å². The highest BCUT2D eigenvalue weighted by atomic mass is 16.5. The van der Waals surface area contributed by atoms with Gasteiger partial charge in [0.2, 0.25) is 0 Å². The van der Waals surface area contributed by atoms with Gasteiger partial charge in [-0.3, -0.25) is 0 Å². The number of ether oxygens (including phenoxy) is 1. The molecule has 0 aromatic heterocycles. The lowest BCUT2D eigenvalue weighted by atomic mass is 9.90. The Bertz CT molecular complexity index is 417. The van der Waals surface area contributed by atoms with Crippen LogP contribution in [0.25, 0.3) is 0 Å². The largest absolute Gasteiger partial charge is 0.479 e. The van der Waals surface area contributed by atoms with Crippen LogP contribution in [0.4, 0.5) is 0 Å². The van der Waals surface area contributed by atoms with Crippen LogP contribution in [0.1, 0.15) is 45.7 Å². The predicted octanol–water partition coefficient (Wildman–Crippen LogP) is 3.68. The maximum Gasteiger partial charge on any atom is 0.174 e. The van der Waals surface area contributed by atoms with Crippen molar-refractivity contribution < 1.29 is 4.74 Å². The van der Waals surface area contributed by atoms with E-state index in [1.807, 2.05) is 30.3 Å². The number of hydrogen-bond donors (Lipinski definition) is 1. The Hall–Kier alpha value is -1.53. The Morgan fingerprint density at radius 3 is 2.47 bits per heavy atom. The first-order valence-electron chi connectivity index (χ1n) is 6.81. The molecular weight excluding hydrogens is 236 g/mol. The number of nitrogens with zero attached hydrogens (tertiary/aromatic N) is 1. The number of nitrogens with one attached hydrogen (secondary N) is 1. The fraction of sp³-hybridized carbons (Fsp3) is 0.562. The molecule has 0 fully saturated rings. The number of nitriles is 1. The van der Waals surface area contributed by atoms with Crippen LogP contribution in [0.5, 0.6) is 5.75 Å².